The highest BCUT2D eigenvalue weighted by Crippen LogP contribution is 2.20. The van der Waals surface area contributed by atoms with Crippen LogP contribution in [0.25, 0.3) is 0 Å². The van der Waals surface area contributed by atoms with E-state index in [1.807, 2.05) is 0 Å². The Labute approximate surface area is 110 Å². The molecule has 3 N–H and O–H groups in total. The fourth-order valence-electron chi connectivity index (χ4n) is 1.74. The highest BCUT2D eigenvalue weighted by atomic mass is 19.1. The number of benzene rings is 1. The van der Waals surface area contributed by atoms with E-state index in [-0.39, 0.29) is 5.69 Å². The number of carbonyl (C=O) groups excluding carboxylic acids is 1. The van der Waals surface area contributed by atoms with E-state index in [4.69, 9.17) is 5.73 Å². The number of nitrogens with two attached hydrogens (primary N) is 1. The van der Waals surface area contributed by atoms with Gasteiger partial charge < -0.3 is 11.1 Å². The van der Waals surface area contributed by atoms with Gasteiger partial charge in [0.05, 0.1) is 11.9 Å². The molecule has 1 heterocycles. The number of aryl methyl sites for hydroxylation is 2. The number of halogens is 1. The van der Waals surface area contributed by atoms with Crippen molar-refractivity contribution in [3.8, 4) is 0 Å². The van der Waals surface area contributed by atoms with Crippen LogP contribution in [0.15, 0.2) is 30.6 Å². The summed E-state index contributed by atoms with van der Waals surface area (Å²) in [6.07, 6.45) is 3.16. The summed E-state index contributed by atoms with van der Waals surface area (Å²) in [6.45, 7) is 1.72. The number of hydrogen-bond acceptors (Lipinski definition) is 3. The molecule has 2 aromatic rings. The number of carbonyl (C=O) groups is 1. The molecule has 5 nitrogen and oxygen atoms in total. The second-order valence-corrected chi connectivity index (χ2v) is 4.35. The lowest BCUT2D eigenvalue weighted by molar-refractivity contribution is -0.117. The highest BCUT2D eigenvalue weighted by molar-refractivity contribution is 5.96. The summed E-state index contributed by atoms with van der Waals surface area (Å²) in [4.78, 5) is 12.0. The molecule has 0 aliphatic rings. The predicted molar refractivity (Wildman–Crippen MR) is 69.9 cm³/mol. The second-order valence-electron chi connectivity index (χ2n) is 4.35. The minimum absolute atomic E-state index is 0.159. The van der Waals surface area contributed by atoms with Crippen LogP contribution in [0.1, 0.15) is 17.2 Å². The fourth-order valence-corrected chi connectivity index (χ4v) is 1.74. The van der Waals surface area contributed by atoms with Gasteiger partial charge in [-0.05, 0) is 18.6 Å². The van der Waals surface area contributed by atoms with Crippen LogP contribution in [0.3, 0.4) is 0 Å². The van der Waals surface area contributed by atoms with Crippen LogP contribution in [0.2, 0.25) is 0 Å². The summed E-state index contributed by atoms with van der Waals surface area (Å²) in [7, 11) is 1.73. The minimum atomic E-state index is -0.882. The second kappa shape index (κ2) is 5.19. The van der Waals surface area contributed by atoms with Gasteiger partial charge in [0, 0.05) is 18.8 Å². The van der Waals surface area contributed by atoms with E-state index in [9.17, 15) is 9.18 Å². The Kier molecular flexibility index (Phi) is 3.62. The largest absolute Gasteiger partial charge is 0.322 e. The number of aromatic nitrogens is 2. The SMILES string of the molecule is Cc1cccc(F)c1NC(=O)C(N)c1cnn(C)c1. The third-order valence-electron chi connectivity index (χ3n) is 2.84. The summed E-state index contributed by atoms with van der Waals surface area (Å²) in [5.74, 6) is -0.951. The van der Waals surface area contributed by atoms with Gasteiger partial charge in [0.2, 0.25) is 5.91 Å². The Hall–Kier alpha value is -2.21. The molecular weight excluding hydrogens is 247 g/mol. The maximum Gasteiger partial charge on any atom is 0.246 e. The molecule has 0 spiro atoms. The van der Waals surface area contributed by atoms with Crippen molar-refractivity contribution in [3.63, 3.8) is 0 Å². The zero-order valence-electron chi connectivity index (χ0n) is 10.7. The standard InChI is InChI=1S/C13H15FN4O/c1-8-4-3-5-10(14)12(8)17-13(19)11(15)9-6-16-18(2)7-9/h3-7,11H,15H2,1-2H3,(H,17,19). The monoisotopic (exact) mass is 262 g/mol. The number of rotatable bonds is 3. The molecule has 0 radical (unpaired) electrons. The lowest BCUT2D eigenvalue weighted by Gasteiger charge is -2.13. The number of nitrogens with zero attached hydrogens (tertiary/aromatic N) is 2. The number of para-hydroxylation sites is 1. The van der Waals surface area contributed by atoms with Crippen LogP contribution in [0, 0.1) is 12.7 Å². The smallest absolute Gasteiger partial charge is 0.246 e. The lowest BCUT2D eigenvalue weighted by atomic mass is 10.1. The summed E-state index contributed by atoms with van der Waals surface area (Å²) in [5.41, 5.74) is 7.19. The average Bonchev–Trinajstić information content (AvgIpc) is 2.79. The van der Waals surface area contributed by atoms with Gasteiger partial charge in [-0.1, -0.05) is 12.1 Å². The normalized spacial score (nSPS) is 12.2. The van der Waals surface area contributed by atoms with E-state index in [2.05, 4.69) is 10.4 Å². The van der Waals surface area contributed by atoms with Crippen molar-refractivity contribution in [2.45, 2.75) is 13.0 Å². The highest BCUT2D eigenvalue weighted by Gasteiger charge is 2.19. The van der Waals surface area contributed by atoms with E-state index >= 15 is 0 Å². The molecule has 1 amide bonds. The fraction of sp³-hybridized carbons (Fsp3) is 0.231. The van der Waals surface area contributed by atoms with E-state index < -0.39 is 17.8 Å². The summed E-state index contributed by atoms with van der Waals surface area (Å²) in [6, 6.07) is 3.71. The van der Waals surface area contributed by atoms with Crippen LogP contribution in [-0.2, 0) is 11.8 Å². The third kappa shape index (κ3) is 2.79. The van der Waals surface area contributed by atoms with Crippen LogP contribution in [0.4, 0.5) is 10.1 Å². The predicted octanol–water partition coefficient (Wildman–Crippen LogP) is 1.51. The number of hydrogen-bond donors (Lipinski definition) is 2. The first-order chi connectivity index (χ1) is 8.99. The zero-order chi connectivity index (χ0) is 14.0. The van der Waals surface area contributed by atoms with Crippen LogP contribution < -0.4 is 11.1 Å². The Morgan fingerprint density at radius 3 is 2.84 bits per heavy atom. The molecule has 6 heteroatoms. The molecule has 1 aromatic carbocycles. The van der Waals surface area contributed by atoms with Gasteiger partial charge in [0.15, 0.2) is 0 Å². The van der Waals surface area contributed by atoms with Crippen LogP contribution in [0.5, 0.6) is 0 Å². The molecule has 0 saturated carbocycles. The first-order valence-corrected chi connectivity index (χ1v) is 5.79. The molecule has 0 aliphatic heterocycles. The topological polar surface area (TPSA) is 72.9 Å². The van der Waals surface area contributed by atoms with Gasteiger partial charge >= 0.3 is 0 Å². The number of nitrogens with one attached hydrogen (secondary N) is 1. The van der Waals surface area contributed by atoms with E-state index in [1.54, 1.807) is 37.0 Å². The van der Waals surface area contributed by atoms with E-state index in [1.165, 1.54) is 12.3 Å². The van der Waals surface area contributed by atoms with Crippen molar-refractivity contribution in [1.82, 2.24) is 9.78 Å². The first kappa shape index (κ1) is 13.2. The van der Waals surface area contributed by atoms with E-state index in [0.717, 1.165) is 0 Å². The molecular formula is C13H15FN4O. The molecule has 0 fully saturated rings. The molecule has 1 aromatic heterocycles. The van der Waals surface area contributed by atoms with Gasteiger partial charge in [-0.15, -0.1) is 0 Å². The minimum Gasteiger partial charge on any atom is -0.322 e. The molecule has 19 heavy (non-hydrogen) atoms. The van der Waals surface area contributed by atoms with Gasteiger partial charge in [-0.3, -0.25) is 9.48 Å². The summed E-state index contributed by atoms with van der Waals surface area (Å²) < 4.78 is 15.2. The van der Waals surface area contributed by atoms with Gasteiger partial charge in [-0.2, -0.15) is 5.10 Å². The molecule has 0 saturated heterocycles. The molecule has 1 unspecified atom stereocenters. The summed E-state index contributed by atoms with van der Waals surface area (Å²) in [5, 5.41) is 6.45. The van der Waals surface area contributed by atoms with Crippen molar-refractivity contribution in [3.05, 3.63) is 47.5 Å². The average molecular weight is 262 g/mol. The maximum absolute atomic E-state index is 13.6. The molecule has 0 bridgehead atoms. The van der Waals surface area contributed by atoms with Crippen LogP contribution in [-0.4, -0.2) is 15.7 Å². The van der Waals surface area contributed by atoms with E-state index in [0.29, 0.717) is 11.1 Å². The quantitative estimate of drug-likeness (QED) is 0.880. The molecule has 1 atom stereocenters. The lowest BCUT2D eigenvalue weighted by Crippen LogP contribution is -2.28. The van der Waals surface area contributed by atoms with Crippen molar-refractivity contribution >= 4 is 11.6 Å². The molecule has 2 rings (SSSR count). The van der Waals surface area contributed by atoms with Crippen molar-refractivity contribution < 1.29 is 9.18 Å². The third-order valence-corrected chi connectivity index (χ3v) is 2.84. The Morgan fingerprint density at radius 2 is 2.26 bits per heavy atom. The maximum atomic E-state index is 13.6. The zero-order valence-corrected chi connectivity index (χ0v) is 10.7. The summed E-state index contributed by atoms with van der Waals surface area (Å²) >= 11 is 0. The van der Waals surface area contributed by atoms with Crippen molar-refractivity contribution in [2.24, 2.45) is 12.8 Å². The van der Waals surface area contributed by atoms with Gasteiger partial charge in [0.25, 0.3) is 0 Å². The van der Waals surface area contributed by atoms with Crippen LogP contribution >= 0.6 is 0 Å². The molecule has 100 valence electrons. The number of amides is 1. The van der Waals surface area contributed by atoms with Crippen molar-refractivity contribution in [1.29, 1.82) is 0 Å². The first-order valence-electron chi connectivity index (χ1n) is 5.79. The Morgan fingerprint density at radius 1 is 1.53 bits per heavy atom. The Balaban J connectivity index is 2.17. The van der Waals surface area contributed by atoms with Gasteiger partial charge in [-0.25, -0.2) is 4.39 Å². The van der Waals surface area contributed by atoms with Crippen molar-refractivity contribution in [2.75, 3.05) is 5.32 Å². The molecule has 0 aliphatic carbocycles. The Bertz CT molecular complexity index is 588. The van der Waals surface area contributed by atoms with Gasteiger partial charge in [0.1, 0.15) is 11.9 Å². The number of anilines is 1.